The van der Waals surface area contributed by atoms with Crippen LogP contribution in [-0.2, 0) is 0 Å². The van der Waals surface area contributed by atoms with E-state index in [1.807, 2.05) is 13.0 Å². The van der Waals surface area contributed by atoms with Crippen LogP contribution in [0.1, 0.15) is 38.2 Å². The molecule has 0 N–H and O–H groups in total. The summed E-state index contributed by atoms with van der Waals surface area (Å²) in [6.07, 6.45) is 5.91. The molecule has 0 nitrogen and oxygen atoms in total. The Balaban J connectivity index is 3.26. The van der Waals surface area contributed by atoms with Crippen molar-refractivity contribution in [2.75, 3.05) is 0 Å². The molecule has 0 saturated heterocycles. The minimum atomic E-state index is 0.238. The monoisotopic (exact) mass is 310 g/mol. The maximum absolute atomic E-state index is 6.22. The molecule has 1 aromatic rings. The Bertz CT molecular complexity index is 398. The third-order valence-electron chi connectivity index (χ3n) is 2.70. The topological polar surface area (TPSA) is 0 Å². The maximum Gasteiger partial charge on any atom is 0.0643 e. The Morgan fingerprint density at radius 1 is 1.12 bits per heavy atom. The summed E-state index contributed by atoms with van der Waals surface area (Å²) in [5.74, 6) is 0.238. The van der Waals surface area contributed by atoms with Gasteiger partial charge in [-0.25, -0.2) is 0 Å². The van der Waals surface area contributed by atoms with Crippen molar-refractivity contribution in [2.24, 2.45) is 0 Å². The second-order valence-corrected chi connectivity index (χ2v) is 5.36. The van der Waals surface area contributed by atoms with Crippen molar-refractivity contribution in [3.63, 3.8) is 0 Å². The van der Waals surface area contributed by atoms with Crippen molar-refractivity contribution in [2.45, 2.75) is 32.6 Å². The van der Waals surface area contributed by atoms with E-state index >= 15 is 0 Å². The van der Waals surface area contributed by atoms with Crippen LogP contribution in [0.5, 0.6) is 0 Å². The molecule has 0 aliphatic heterocycles. The molecule has 1 rings (SSSR count). The second kappa shape index (κ2) is 6.89. The Kier molecular flexibility index (Phi) is 6.16. The Morgan fingerprint density at radius 3 is 2.06 bits per heavy atom. The lowest BCUT2D eigenvalue weighted by Crippen LogP contribution is -1.99. The number of halogens is 4. The Labute approximate surface area is 123 Å². The average Bonchev–Trinajstić information content (AvgIpc) is 2.31. The van der Waals surface area contributed by atoms with E-state index in [4.69, 9.17) is 46.4 Å². The van der Waals surface area contributed by atoms with E-state index in [1.165, 1.54) is 0 Å². The molecule has 4 heteroatoms. The highest BCUT2D eigenvalue weighted by atomic mass is 35.5. The van der Waals surface area contributed by atoms with Gasteiger partial charge in [-0.15, -0.1) is 0 Å². The largest absolute Gasteiger partial charge is 0.0916 e. The lowest BCUT2D eigenvalue weighted by molar-refractivity contribution is 0.674. The quantitative estimate of drug-likeness (QED) is 0.425. The van der Waals surface area contributed by atoms with Gasteiger partial charge in [0.25, 0.3) is 0 Å². The molecule has 0 saturated carbocycles. The third kappa shape index (κ3) is 3.54. The van der Waals surface area contributed by atoms with Gasteiger partial charge >= 0.3 is 0 Å². The lowest BCUT2D eigenvalue weighted by Gasteiger charge is -2.18. The van der Waals surface area contributed by atoms with Crippen LogP contribution in [0.3, 0.4) is 0 Å². The Hall–Kier alpha value is 0.120. The van der Waals surface area contributed by atoms with Gasteiger partial charge < -0.3 is 0 Å². The maximum atomic E-state index is 6.22. The number of rotatable bonds is 4. The second-order valence-electron chi connectivity index (χ2n) is 3.79. The van der Waals surface area contributed by atoms with Gasteiger partial charge in [-0.3, -0.25) is 0 Å². The average molecular weight is 312 g/mol. The van der Waals surface area contributed by atoms with Crippen molar-refractivity contribution in [3.8, 4) is 0 Å². The molecule has 1 aromatic carbocycles. The zero-order chi connectivity index (χ0) is 13.0. The fraction of sp³-hybridized carbons (Fsp3) is 0.385. The number of benzene rings is 1. The van der Waals surface area contributed by atoms with Crippen molar-refractivity contribution in [3.05, 3.63) is 43.9 Å². The minimum absolute atomic E-state index is 0.238. The van der Waals surface area contributed by atoms with Gasteiger partial charge in [-0.1, -0.05) is 65.5 Å². The third-order valence-corrected chi connectivity index (χ3v) is 4.31. The summed E-state index contributed by atoms with van der Waals surface area (Å²) in [6.45, 7) is 4.08. The van der Waals surface area contributed by atoms with E-state index in [1.54, 1.807) is 6.07 Å². The van der Waals surface area contributed by atoms with Crippen LogP contribution in [0.2, 0.25) is 20.1 Å². The van der Waals surface area contributed by atoms with Crippen molar-refractivity contribution >= 4 is 46.4 Å². The molecule has 0 amide bonds. The van der Waals surface area contributed by atoms with Crippen LogP contribution in [0.15, 0.2) is 18.2 Å². The summed E-state index contributed by atoms with van der Waals surface area (Å²) < 4.78 is 0. The van der Waals surface area contributed by atoms with E-state index in [0.29, 0.717) is 20.1 Å². The molecule has 0 aromatic heterocycles. The molecular weight excluding hydrogens is 298 g/mol. The van der Waals surface area contributed by atoms with Crippen LogP contribution >= 0.6 is 46.4 Å². The summed E-state index contributed by atoms with van der Waals surface area (Å²) in [6, 6.07) is 1.58. The molecule has 0 fully saturated rings. The summed E-state index contributed by atoms with van der Waals surface area (Å²) in [5.41, 5.74) is 0.853. The first-order valence-corrected chi connectivity index (χ1v) is 6.98. The zero-order valence-corrected chi connectivity index (χ0v) is 12.8. The predicted octanol–water partition coefficient (Wildman–Crippen LogP) is 6.76. The van der Waals surface area contributed by atoms with Gasteiger partial charge in [0.05, 0.1) is 20.1 Å². The van der Waals surface area contributed by atoms with E-state index in [-0.39, 0.29) is 5.92 Å². The SMILES string of the molecule is C/C=C\CC(CC)c1c(Cl)c(Cl)cc(Cl)c1Cl. The standard InChI is InChI=1S/C13H14Cl4/c1-3-5-6-8(4-2)11-12(16)9(14)7-10(15)13(11)17/h3,5,7-8H,4,6H2,1-2H3/b5-3-. The fourth-order valence-corrected chi connectivity index (χ4v) is 2.87. The number of hydrogen-bond acceptors (Lipinski definition) is 0. The van der Waals surface area contributed by atoms with Crippen LogP contribution in [0, 0.1) is 0 Å². The molecule has 1 atom stereocenters. The van der Waals surface area contributed by atoms with E-state index in [9.17, 15) is 0 Å². The molecule has 0 bridgehead atoms. The van der Waals surface area contributed by atoms with Crippen LogP contribution in [0.4, 0.5) is 0 Å². The van der Waals surface area contributed by atoms with Gasteiger partial charge in [0.2, 0.25) is 0 Å². The molecule has 17 heavy (non-hydrogen) atoms. The molecule has 0 aliphatic carbocycles. The summed E-state index contributed by atoms with van der Waals surface area (Å²) in [7, 11) is 0. The van der Waals surface area contributed by atoms with Crippen LogP contribution in [0.25, 0.3) is 0 Å². The van der Waals surface area contributed by atoms with Gasteiger partial charge in [-0.05, 0) is 37.3 Å². The fourth-order valence-electron chi connectivity index (χ4n) is 1.74. The molecular formula is C13H14Cl4. The smallest absolute Gasteiger partial charge is 0.0643 e. The van der Waals surface area contributed by atoms with Crippen molar-refractivity contribution < 1.29 is 0 Å². The highest BCUT2D eigenvalue weighted by Crippen LogP contribution is 2.43. The molecule has 1 unspecified atom stereocenters. The predicted molar refractivity (Wildman–Crippen MR) is 78.9 cm³/mol. The van der Waals surface area contributed by atoms with Crippen molar-refractivity contribution in [1.82, 2.24) is 0 Å². The molecule has 0 aliphatic rings. The number of hydrogen-bond donors (Lipinski definition) is 0. The van der Waals surface area contributed by atoms with Gasteiger partial charge in [0.15, 0.2) is 0 Å². The van der Waals surface area contributed by atoms with Crippen molar-refractivity contribution in [1.29, 1.82) is 0 Å². The minimum Gasteiger partial charge on any atom is -0.0916 e. The van der Waals surface area contributed by atoms with Crippen LogP contribution in [-0.4, -0.2) is 0 Å². The summed E-state index contributed by atoms with van der Waals surface area (Å²) in [4.78, 5) is 0. The Morgan fingerprint density at radius 2 is 1.65 bits per heavy atom. The van der Waals surface area contributed by atoms with Gasteiger partial charge in [0.1, 0.15) is 0 Å². The normalized spacial score (nSPS) is 13.3. The summed E-state index contributed by atoms with van der Waals surface area (Å²) >= 11 is 24.5. The molecule has 0 radical (unpaired) electrons. The lowest BCUT2D eigenvalue weighted by atomic mass is 9.93. The zero-order valence-electron chi connectivity index (χ0n) is 9.74. The highest BCUT2D eigenvalue weighted by Gasteiger charge is 2.20. The molecule has 0 heterocycles. The first-order valence-electron chi connectivity index (χ1n) is 5.46. The van der Waals surface area contributed by atoms with Gasteiger partial charge in [-0.2, -0.15) is 0 Å². The van der Waals surface area contributed by atoms with Crippen LogP contribution < -0.4 is 0 Å². The molecule has 0 spiro atoms. The van der Waals surface area contributed by atoms with Gasteiger partial charge in [0, 0.05) is 0 Å². The van der Waals surface area contributed by atoms with E-state index in [2.05, 4.69) is 13.0 Å². The summed E-state index contributed by atoms with van der Waals surface area (Å²) in [5, 5.41) is 1.93. The first kappa shape index (κ1) is 15.2. The molecule has 94 valence electrons. The number of allylic oxidation sites excluding steroid dienone is 2. The highest BCUT2D eigenvalue weighted by molar-refractivity contribution is 6.48. The van der Waals surface area contributed by atoms with E-state index < -0.39 is 0 Å². The van der Waals surface area contributed by atoms with E-state index in [0.717, 1.165) is 18.4 Å². The first-order chi connectivity index (χ1) is 8.02.